The molecule has 2 aromatic carbocycles. The van der Waals surface area contributed by atoms with Gasteiger partial charge in [0, 0.05) is 37.7 Å². The fourth-order valence-corrected chi connectivity index (χ4v) is 4.50. The van der Waals surface area contributed by atoms with Gasteiger partial charge in [-0.3, -0.25) is 9.59 Å². The Hall–Kier alpha value is -2.62. The molecule has 0 radical (unpaired) electrons. The fraction of sp³-hybridized carbons (Fsp3) is 0.440. The maximum atomic E-state index is 12.9. The molecule has 29 heavy (non-hydrogen) atoms. The van der Waals surface area contributed by atoms with Gasteiger partial charge in [-0.15, -0.1) is 0 Å². The summed E-state index contributed by atoms with van der Waals surface area (Å²) in [5.41, 5.74) is 2.99. The smallest absolute Gasteiger partial charge is 0.253 e. The lowest BCUT2D eigenvalue weighted by atomic mass is 9.94. The molecule has 2 aliphatic heterocycles. The van der Waals surface area contributed by atoms with Crippen molar-refractivity contribution in [3.63, 3.8) is 0 Å². The molecule has 0 unspecified atom stereocenters. The van der Waals surface area contributed by atoms with E-state index >= 15 is 0 Å². The van der Waals surface area contributed by atoms with Crippen molar-refractivity contribution in [2.24, 2.45) is 5.92 Å². The zero-order valence-corrected chi connectivity index (χ0v) is 17.1. The van der Waals surface area contributed by atoms with Crippen LogP contribution in [0.2, 0.25) is 0 Å². The molecule has 4 rings (SSSR count). The zero-order chi connectivity index (χ0) is 20.1. The van der Waals surface area contributed by atoms with Gasteiger partial charge >= 0.3 is 0 Å². The Morgan fingerprint density at radius 1 is 0.655 bits per heavy atom. The molecule has 0 N–H and O–H groups in total. The van der Waals surface area contributed by atoms with Crippen LogP contribution >= 0.6 is 0 Å². The summed E-state index contributed by atoms with van der Waals surface area (Å²) in [4.78, 5) is 29.7. The minimum Gasteiger partial charge on any atom is -0.342 e. The number of hydrogen-bond donors (Lipinski definition) is 0. The molecule has 4 heteroatoms. The minimum absolute atomic E-state index is 0.0743. The molecule has 4 nitrogen and oxygen atoms in total. The lowest BCUT2D eigenvalue weighted by Gasteiger charge is -2.34. The van der Waals surface area contributed by atoms with Crippen molar-refractivity contribution in [3.05, 3.63) is 60.2 Å². The molecule has 0 atom stereocenters. The number of piperidine rings is 1. The van der Waals surface area contributed by atoms with Crippen LogP contribution in [0.25, 0.3) is 11.1 Å². The van der Waals surface area contributed by atoms with Gasteiger partial charge in [-0.2, -0.15) is 0 Å². The van der Waals surface area contributed by atoms with Crippen LogP contribution in [0.1, 0.15) is 48.9 Å². The summed E-state index contributed by atoms with van der Waals surface area (Å²) in [7, 11) is 0. The molecule has 2 saturated heterocycles. The first-order chi connectivity index (χ1) is 14.2. The molecule has 0 aliphatic carbocycles. The summed E-state index contributed by atoms with van der Waals surface area (Å²) in [6.45, 7) is 3.16. The van der Waals surface area contributed by atoms with Crippen molar-refractivity contribution in [2.45, 2.75) is 38.5 Å². The van der Waals surface area contributed by atoms with Crippen LogP contribution < -0.4 is 0 Å². The fourth-order valence-electron chi connectivity index (χ4n) is 4.50. The summed E-state index contributed by atoms with van der Waals surface area (Å²) in [5.74, 6) is 0.467. The number of likely N-dealkylation sites (tertiary alicyclic amines) is 2. The van der Waals surface area contributed by atoms with E-state index in [1.165, 1.54) is 12.8 Å². The van der Waals surface area contributed by atoms with E-state index in [1.807, 2.05) is 47.4 Å². The highest BCUT2D eigenvalue weighted by atomic mass is 16.2. The van der Waals surface area contributed by atoms with E-state index in [2.05, 4.69) is 17.0 Å². The molecule has 2 heterocycles. The number of amides is 2. The SMILES string of the molecule is O=C(c1ccc(-c2ccccc2)cc1)N1CCC(C(=O)N2CCCCCC2)CC1. The van der Waals surface area contributed by atoms with Crippen LogP contribution in [0.5, 0.6) is 0 Å². The van der Waals surface area contributed by atoms with Crippen LogP contribution in [0, 0.1) is 5.92 Å². The summed E-state index contributed by atoms with van der Waals surface area (Å²) in [6, 6.07) is 18.0. The quantitative estimate of drug-likeness (QED) is 0.768. The van der Waals surface area contributed by atoms with Gasteiger partial charge in [0.25, 0.3) is 5.91 Å². The summed E-state index contributed by atoms with van der Waals surface area (Å²) in [5, 5.41) is 0. The van der Waals surface area contributed by atoms with Crippen LogP contribution in [-0.2, 0) is 4.79 Å². The van der Waals surface area contributed by atoms with Crippen LogP contribution in [0.3, 0.4) is 0 Å². The second-order valence-corrected chi connectivity index (χ2v) is 8.25. The number of hydrogen-bond acceptors (Lipinski definition) is 2. The number of nitrogens with zero attached hydrogens (tertiary/aromatic N) is 2. The largest absolute Gasteiger partial charge is 0.342 e. The van der Waals surface area contributed by atoms with E-state index in [4.69, 9.17) is 0 Å². The Labute approximate surface area is 173 Å². The normalized spacial score (nSPS) is 18.3. The Morgan fingerprint density at radius 2 is 1.24 bits per heavy atom. The van der Waals surface area contributed by atoms with Crippen molar-refractivity contribution in [2.75, 3.05) is 26.2 Å². The molecule has 152 valence electrons. The van der Waals surface area contributed by atoms with Gasteiger partial charge in [0.15, 0.2) is 0 Å². The number of carbonyl (C=O) groups is 2. The van der Waals surface area contributed by atoms with E-state index < -0.39 is 0 Å². The standard InChI is InChI=1S/C25H30N2O2/c28-24(22-12-10-21(11-13-22)20-8-4-3-5-9-20)27-18-14-23(15-19-27)25(29)26-16-6-1-2-7-17-26/h3-5,8-13,23H,1-2,6-7,14-19H2. The summed E-state index contributed by atoms with van der Waals surface area (Å²) < 4.78 is 0. The van der Waals surface area contributed by atoms with Crippen molar-refractivity contribution >= 4 is 11.8 Å². The molecule has 0 saturated carbocycles. The van der Waals surface area contributed by atoms with Gasteiger partial charge in [-0.25, -0.2) is 0 Å². The highest BCUT2D eigenvalue weighted by molar-refractivity contribution is 5.95. The first-order valence-corrected chi connectivity index (χ1v) is 11.0. The van der Waals surface area contributed by atoms with Crippen molar-refractivity contribution in [3.8, 4) is 11.1 Å². The number of benzene rings is 2. The predicted octanol–water partition coefficient (Wildman–Crippen LogP) is 4.61. The molecule has 0 bridgehead atoms. The number of rotatable bonds is 3. The molecular formula is C25H30N2O2. The minimum atomic E-state index is 0.0743. The van der Waals surface area contributed by atoms with Gasteiger partial charge in [-0.05, 0) is 48.9 Å². The second kappa shape index (κ2) is 9.25. The molecule has 2 fully saturated rings. The molecule has 0 spiro atoms. The van der Waals surface area contributed by atoms with Gasteiger partial charge in [0.05, 0.1) is 0 Å². The molecule has 2 aliphatic rings. The van der Waals surface area contributed by atoms with Gasteiger partial charge in [0.1, 0.15) is 0 Å². The highest BCUT2D eigenvalue weighted by Gasteiger charge is 2.30. The van der Waals surface area contributed by atoms with E-state index in [0.29, 0.717) is 19.0 Å². The Bertz CT molecular complexity index is 816. The van der Waals surface area contributed by atoms with Crippen LogP contribution in [-0.4, -0.2) is 47.8 Å². The first-order valence-electron chi connectivity index (χ1n) is 11.0. The predicted molar refractivity (Wildman–Crippen MR) is 116 cm³/mol. The van der Waals surface area contributed by atoms with E-state index in [0.717, 1.165) is 55.5 Å². The van der Waals surface area contributed by atoms with E-state index in [-0.39, 0.29) is 11.8 Å². The maximum absolute atomic E-state index is 12.9. The zero-order valence-electron chi connectivity index (χ0n) is 17.1. The Kier molecular flexibility index (Phi) is 6.28. The van der Waals surface area contributed by atoms with Gasteiger partial charge < -0.3 is 9.80 Å². The topological polar surface area (TPSA) is 40.6 Å². The Morgan fingerprint density at radius 3 is 1.86 bits per heavy atom. The third-order valence-corrected chi connectivity index (χ3v) is 6.29. The molecule has 2 aromatic rings. The first kappa shape index (κ1) is 19.7. The van der Waals surface area contributed by atoms with Gasteiger partial charge in [0.2, 0.25) is 5.91 Å². The second-order valence-electron chi connectivity index (χ2n) is 8.25. The van der Waals surface area contributed by atoms with Crippen molar-refractivity contribution in [1.29, 1.82) is 0 Å². The lowest BCUT2D eigenvalue weighted by molar-refractivity contribution is -0.136. The third-order valence-electron chi connectivity index (χ3n) is 6.29. The molecule has 0 aromatic heterocycles. The maximum Gasteiger partial charge on any atom is 0.253 e. The average Bonchev–Trinajstić information content (AvgIpc) is 3.09. The van der Waals surface area contributed by atoms with Crippen LogP contribution in [0.4, 0.5) is 0 Å². The average molecular weight is 391 g/mol. The Balaban J connectivity index is 1.33. The van der Waals surface area contributed by atoms with E-state index in [9.17, 15) is 9.59 Å². The highest BCUT2D eigenvalue weighted by Crippen LogP contribution is 2.24. The summed E-state index contributed by atoms with van der Waals surface area (Å²) >= 11 is 0. The summed E-state index contributed by atoms with van der Waals surface area (Å²) in [6.07, 6.45) is 6.29. The lowest BCUT2D eigenvalue weighted by Crippen LogP contribution is -2.44. The van der Waals surface area contributed by atoms with Crippen LogP contribution in [0.15, 0.2) is 54.6 Å². The van der Waals surface area contributed by atoms with E-state index in [1.54, 1.807) is 0 Å². The molecule has 2 amide bonds. The van der Waals surface area contributed by atoms with Crippen molar-refractivity contribution < 1.29 is 9.59 Å². The monoisotopic (exact) mass is 390 g/mol. The number of carbonyl (C=O) groups excluding carboxylic acids is 2. The molecular weight excluding hydrogens is 360 g/mol. The van der Waals surface area contributed by atoms with Crippen molar-refractivity contribution in [1.82, 2.24) is 9.80 Å². The van der Waals surface area contributed by atoms with Gasteiger partial charge in [-0.1, -0.05) is 55.3 Å². The third kappa shape index (κ3) is 4.69.